The van der Waals surface area contributed by atoms with Gasteiger partial charge in [-0.2, -0.15) is 8.78 Å². The van der Waals surface area contributed by atoms with Crippen molar-refractivity contribution in [3.05, 3.63) is 29.8 Å². The molecule has 0 saturated carbocycles. The average Bonchev–Trinajstić information content (AvgIpc) is 2.65. The van der Waals surface area contributed by atoms with Crippen molar-refractivity contribution in [1.29, 1.82) is 0 Å². The highest BCUT2D eigenvalue weighted by Crippen LogP contribution is 2.23. The van der Waals surface area contributed by atoms with Crippen LogP contribution in [0.1, 0.15) is 44.0 Å². The molecule has 1 fully saturated rings. The van der Waals surface area contributed by atoms with Crippen LogP contribution < -0.4 is 10.6 Å². The number of amides is 3. The van der Waals surface area contributed by atoms with Crippen LogP contribution in [0, 0.1) is 5.92 Å². The highest BCUT2D eigenvalue weighted by Gasteiger charge is 2.31. The number of nitrogens with one attached hydrogen (secondary N) is 2. The molecular formula is C19H27F2N3O4S. The van der Waals surface area contributed by atoms with Gasteiger partial charge in [0.25, 0.3) is 5.91 Å². The van der Waals surface area contributed by atoms with Crippen molar-refractivity contribution in [2.24, 2.45) is 5.92 Å². The van der Waals surface area contributed by atoms with E-state index in [9.17, 15) is 26.8 Å². The number of halogens is 2. The van der Waals surface area contributed by atoms with Crippen LogP contribution in [-0.2, 0) is 9.84 Å². The number of rotatable bonds is 5. The molecule has 162 valence electrons. The summed E-state index contributed by atoms with van der Waals surface area (Å²) in [6.45, 7) is 7.06. The van der Waals surface area contributed by atoms with Gasteiger partial charge in [-0.1, -0.05) is 12.1 Å². The number of benzene rings is 1. The Hall–Kier alpha value is -2.23. The first-order valence-electron chi connectivity index (χ1n) is 9.38. The minimum atomic E-state index is -4.87. The lowest BCUT2D eigenvalue weighted by Crippen LogP contribution is -2.51. The van der Waals surface area contributed by atoms with Crippen LogP contribution in [0.5, 0.6) is 0 Å². The number of nitrogens with zero attached hydrogens (tertiary/aromatic N) is 1. The Morgan fingerprint density at radius 1 is 1.17 bits per heavy atom. The Kier molecular flexibility index (Phi) is 7.20. The Labute approximate surface area is 169 Å². The number of hydrogen-bond donors (Lipinski definition) is 2. The second kappa shape index (κ2) is 9.06. The van der Waals surface area contributed by atoms with Crippen molar-refractivity contribution in [2.45, 2.75) is 49.8 Å². The number of urea groups is 1. The summed E-state index contributed by atoms with van der Waals surface area (Å²) in [7, 11) is -4.87. The van der Waals surface area contributed by atoms with Gasteiger partial charge in [0.1, 0.15) is 0 Å². The summed E-state index contributed by atoms with van der Waals surface area (Å²) in [5.74, 6) is -4.20. The van der Waals surface area contributed by atoms with Gasteiger partial charge in [0.05, 0.1) is 10.5 Å². The molecule has 0 radical (unpaired) electrons. The largest absolute Gasteiger partial charge is 0.352 e. The van der Waals surface area contributed by atoms with Crippen LogP contribution in [-0.4, -0.2) is 56.2 Å². The smallest absolute Gasteiger partial charge is 0.341 e. The van der Waals surface area contributed by atoms with Crippen molar-refractivity contribution in [3.8, 4) is 0 Å². The lowest BCUT2D eigenvalue weighted by molar-refractivity contribution is 0.0933. The zero-order chi connectivity index (χ0) is 21.8. The van der Waals surface area contributed by atoms with E-state index in [0.717, 1.165) is 6.07 Å². The molecule has 2 N–H and O–H groups in total. The molecule has 1 aromatic rings. The van der Waals surface area contributed by atoms with Crippen LogP contribution in [0.2, 0.25) is 0 Å². The molecule has 0 atom stereocenters. The third-order valence-electron chi connectivity index (χ3n) is 4.61. The van der Waals surface area contributed by atoms with E-state index in [1.54, 1.807) is 4.90 Å². The highest BCUT2D eigenvalue weighted by atomic mass is 32.2. The molecule has 0 spiro atoms. The molecule has 0 aromatic heterocycles. The van der Waals surface area contributed by atoms with E-state index in [4.69, 9.17) is 0 Å². The Bertz CT molecular complexity index is 845. The predicted molar refractivity (Wildman–Crippen MR) is 105 cm³/mol. The SMILES string of the molecule is CC(C)(C)NC(=O)N1CCC(CNC(=O)c2ccccc2S(=O)(=O)C(F)F)CC1. The summed E-state index contributed by atoms with van der Waals surface area (Å²) in [6.07, 6.45) is 1.35. The molecule has 10 heteroatoms. The van der Waals surface area contributed by atoms with Crippen LogP contribution in [0.3, 0.4) is 0 Å². The van der Waals surface area contributed by atoms with Gasteiger partial charge in [0, 0.05) is 25.2 Å². The van der Waals surface area contributed by atoms with Crippen LogP contribution in [0.25, 0.3) is 0 Å². The zero-order valence-electron chi connectivity index (χ0n) is 16.7. The molecule has 3 amide bonds. The van der Waals surface area contributed by atoms with Gasteiger partial charge >= 0.3 is 11.8 Å². The van der Waals surface area contributed by atoms with E-state index in [1.807, 2.05) is 20.8 Å². The van der Waals surface area contributed by atoms with Gasteiger partial charge < -0.3 is 15.5 Å². The Morgan fingerprint density at radius 3 is 2.31 bits per heavy atom. The third kappa shape index (κ3) is 6.12. The topological polar surface area (TPSA) is 95.6 Å². The molecule has 1 saturated heterocycles. The lowest BCUT2D eigenvalue weighted by Gasteiger charge is -2.34. The van der Waals surface area contributed by atoms with Gasteiger partial charge in [-0.05, 0) is 51.7 Å². The Morgan fingerprint density at radius 2 is 1.76 bits per heavy atom. The molecule has 0 unspecified atom stereocenters. The number of piperidine rings is 1. The number of likely N-dealkylation sites (tertiary alicyclic amines) is 1. The average molecular weight is 432 g/mol. The maximum Gasteiger partial charge on any atom is 0.341 e. The van der Waals surface area contributed by atoms with E-state index < -0.39 is 26.4 Å². The summed E-state index contributed by atoms with van der Waals surface area (Å²) >= 11 is 0. The van der Waals surface area contributed by atoms with Crippen molar-refractivity contribution < 1.29 is 26.8 Å². The maximum absolute atomic E-state index is 12.9. The van der Waals surface area contributed by atoms with Gasteiger partial charge in [0.2, 0.25) is 9.84 Å². The zero-order valence-corrected chi connectivity index (χ0v) is 17.6. The molecule has 1 aliphatic heterocycles. The first-order valence-corrected chi connectivity index (χ1v) is 10.9. The fourth-order valence-electron chi connectivity index (χ4n) is 3.07. The first-order chi connectivity index (χ1) is 13.4. The number of alkyl halides is 2. The van der Waals surface area contributed by atoms with Crippen molar-refractivity contribution in [1.82, 2.24) is 15.5 Å². The molecule has 1 aromatic carbocycles. The second-order valence-corrected chi connectivity index (χ2v) is 10.0. The monoisotopic (exact) mass is 431 g/mol. The summed E-state index contributed by atoms with van der Waals surface area (Å²) in [6, 6.07) is 4.80. The van der Waals surface area contributed by atoms with Gasteiger partial charge in [-0.3, -0.25) is 4.79 Å². The lowest BCUT2D eigenvalue weighted by atomic mass is 9.96. The second-order valence-electron chi connectivity index (χ2n) is 8.12. The van der Waals surface area contributed by atoms with E-state index in [0.29, 0.717) is 25.9 Å². The van der Waals surface area contributed by atoms with Crippen molar-refractivity contribution in [3.63, 3.8) is 0 Å². The maximum atomic E-state index is 12.9. The van der Waals surface area contributed by atoms with Crippen molar-refractivity contribution >= 4 is 21.8 Å². The third-order valence-corrected chi connectivity index (χ3v) is 6.05. The molecule has 1 heterocycles. The first kappa shape index (κ1) is 23.1. The molecule has 0 aliphatic carbocycles. The summed E-state index contributed by atoms with van der Waals surface area (Å²) in [4.78, 5) is 25.6. The molecule has 2 rings (SSSR count). The van der Waals surface area contributed by atoms with E-state index in [2.05, 4.69) is 10.6 Å². The number of carbonyl (C=O) groups is 2. The standard InChI is InChI=1S/C19H27F2N3O4S/c1-19(2,3)23-18(26)24-10-8-13(9-11-24)12-22-16(25)14-6-4-5-7-15(14)29(27,28)17(20)21/h4-7,13,17H,8-12H2,1-3H3,(H,22,25)(H,23,26). The fourth-order valence-corrected chi connectivity index (χ4v) is 4.00. The quantitative estimate of drug-likeness (QED) is 0.749. The van der Waals surface area contributed by atoms with E-state index >= 15 is 0 Å². The van der Waals surface area contributed by atoms with Gasteiger partial charge in [0.15, 0.2) is 0 Å². The van der Waals surface area contributed by atoms with Crippen molar-refractivity contribution in [2.75, 3.05) is 19.6 Å². The fraction of sp³-hybridized carbons (Fsp3) is 0.579. The number of hydrogen-bond acceptors (Lipinski definition) is 4. The predicted octanol–water partition coefficient (Wildman–Crippen LogP) is 2.63. The minimum Gasteiger partial charge on any atom is -0.352 e. The number of carbonyl (C=O) groups excluding carboxylic acids is 2. The van der Waals surface area contributed by atoms with Crippen LogP contribution >= 0.6 is 0 Å². The number of sulfone groups is 1. The van der Waals surface area contributed by atoms with Crippen LogP contribution in [0.15, 0.2) is 29.2 Å². The highest BCUT2D eigenvalue weighted by molar-refractivity contribution is 7.91. The molecule has 1 aliphatic rings. The minimum absolute atomic E-state index is 0.108. The molecule has 0 bridgehead atoms. The molecular weight excluding hydrogens is 404 g/mol. The summed E-state index contributed by atoms with van der Waals surface area (Å²) in [5.41, 5.74) is -0.622. The van der Waals surface area contributed by atoms with Crippen LogP contribution in [0.4, 0.5) is 13.6 Å². The summed E-state index contributed by atoms with van der Waals surface area (Å²) < 4.78 is 49.3. The normalized spacial score (nSPS) is 16.0. The van der Waals surface area contributed by atoms with E-state index in [-0.39, 0.29) is 29.6 Å². The summed E-state index contributed by atoms with van der Waals surface area (Å²) in [5, 5.41) is 5.54. The Balaban J connectivity index is 1.93. The van der Waals surface area contributed by atoms with E-state index in [1.165, 1.54) is 18.2 Å². The van der Waals surface area contributed by atoms with Gasteiger partial charge in [-0.15, -0.1) is 0 Å². The van der Waals surface area contributed by atoms with Gasteiger partial charge in [-0.25, -0.2) is 13.2 Å². The molecule has 29 heavy (non-hydrogen) atoms. The molecule has 7 nitrogen and oxygen atoms in total.